The largest absolute Gasteiger partial charge is 0.378 e. The average Bonchev–Trinajstić information content (AvgIpc) is 3.36. The lowest BCUT2D eigenvalue weighted by Crippen LogP contribution is -2.38. The Kier molecular flexibility index (Phi) is 5.92. The van der Waals surface area contributed by atoms with E-state index in [9.17, 15) is 0 Å². The molecule has 4 heterocycles. The Morgan fingerprint density at radius 1 is 0.921 bits per heavy atom. The molecule has 1 atom stereocenters. The van der Waals surface area contributed by atoms with Crippen LogP contribution in [-0.2, 0) is 0 Å². The van der Waals surface area contributed by atoms with Crippen molar-refractivity contribution in [3.8, 4) is 11.4 Å². The lowest BCUT2D eigenvalue weighted by molar-refractivity contribution is 0.817. The summed E-state index contributed by atoms with van der Waals surface area (Å²) in [4.78, 5) is 21.4. The third kappa shape index (κ3) is 4.52. The molecule has 0 fully saturated rings. The standard InChI is InChI=1S/C30H30N8/c1-19-17-22(13-15-31-19)34-28-12-11-27-30(38(28)4)36-29(35-27)20-5-7-21(8-6-20)33-26-14-16-32-25-10-9-23(37(2)3)18-24(25)26/h5-18,28H,1-4H3,(H,31,34)(H,32,33)(H,35,36). The molecule has 0 saturated carbocycles. The number of nitrogens with zero attached hydrogens (tertiary/aromatic N) is 5. The first-order valence-electron chi connectivity index (χ1n) is 12.6. The minimum absolute atomic E-state index is 0.00442. The van der Waals surface area contributed by atoms with Crippen LogP contribution in [0, 0.1) is 6.92 Å². The van der Waals surface area contributed by atoms with Crippen LogP contribution in [0.1, 0.15) is 11.4 Å². The van der Waals surface area contributed by atoms with Gasteiger partial charge in [-0.25, -0.2) is 4.98 Å². The van der Waals surface area contributed by atoms with Gasteiger partial charge in [0, 0.05) is 72.9 Å². The molecule has 6 rings (SSSR count). The highest BCUT2D eigenvalue weighted by molar-refractivity contribution is 5.95. The third-order valence-electron chi connectivity index (χ3n) is 6.80. The first-order valence-corrected chi connectivity index (χ1v) is 12.6. The Morgan fingerprint density at radius 2 is 1.74 bits per heavy atom. The molecule has 5 aromatic rings. The fourth-order valence-electron chi connectivity index (χ4n) is 4.69. The summed E-state index contributed by atoms with van der Waals surface area (Å²) < 4.78 is 0. The van der Waals surface area contributed by atoms with E-state index in [1.807, 2.05) is 58.7 Å². The summed E-state index contributed by atoms with van der Waals surface area (Å²) in [7, 11) is 6.14. The van der Waals surface area contributed by atoms with Crippen LogP contribution >= 0.6 is 0 Å². The van der Waals surface area contributed by atoms with Crippen LogP contribution in [0.4, 0.5) is 28.6 Å². The highest BCUT2D eigenvalue weighted by Crippen LogP contribution is 2.32. The second-order valence-electron chi connectivity index (χ2n) is 9.72. The molecule has 8 heteroatoms. The molecule has 0 aliphatic carbocycles. The van der Waals surface area contributed by atoms with Crippen LogP contribution in [0.15, 0.2) is 79.1 Å². The number of aromatic nitrogens is 4. The summed E-state index contributed by atoms with van der Waals surface area (Å²) in [6.07, 6.45) is 7.87. The summed E-state index contributed by atoms with van der Waals surface area (Å²) in [5, 5.41) is 8.19. The average molecular weight is 503 g/mol. The first-order chi connectivity index (χ1) is 18.4. The number of imidazole rings is 1. The number of rotatable bonds is 6. The van der Waals surface area contributed by atoms with Gasteiger partial charge in [0.2, 0.25) is 0 Å². The van der Waals surface area contributed by atoms with Crippen LogP contribution in [0.5, 0.6) is 0 Å². The Hall–Kier alpha value is -4.85. The highest BCUT2D eigenvalue weighted by Gasteiger charge is 2.23. The summed E-state index contributed by atoms with van der Waals surface area (Å²) >= 11 is 0. The zero-order chi connectivity index (χ0) is 26.2. The number of fused-ring (bicyclic) bond motifs is 2. The summed E-state index contributed by atoms with van der Waals surface area (Å²) in [5.41, 5.74) is 8.15. The van der Waals surface area contributed by atoms with E-state index in [4.69, 9.17) is 4.98 Å². The normalized spacial score (nSPS) is 14.4. The van der Waals surface area contributed by atoms with Crippen molar-refractivity contribution in [3.05, 3.63) is 90.5 Å². The van der Waals surface area contributed by atoms with Crippen molar-refractivity contribution in [2.24, 2.45) is 0 Å². The molecule has 3 N–H and O–H groups in total. The molecule has 0 saturated heterocycles. The molecule has 0 spiro atoms. The van der Waals surface area contributed by atoms with Crippen molar-refractivity contribution in [1.29, 1.82) is 0 Å². The SMILES string of the molecule is Cc1cc(NC2C=Cc3[nH]c(-c4ccc(Nc5ccnc6ccc(N(C)C)cc56)cc4)nc3N2C)ccn1. The van der Waals surface area contributed by atoms with Gasteiger partial charge in [0.05, 0.1) is 11.2 Å². The number of hydrogen-bond acceptors (Lipinski definition) is 7. The van der Waals surface area contributed by atoms with Crippen LogP contribution in [0.25, 0.3) is 28.4 Å². The molecule has 38 heavy (non-hydrogen) atoms. The van der Waals surface area contributed by atoms with Crippen molar-refractivity contribution in [3.63, 3.8) is 0 Å². The maximum Gasteiger partial charge on any atom is 0.156 e. The van der Waals surface area contributed by atoms with Crippen LogP contribution in [0.3, 0.4) is 0 Å². The predicted molar refractivity (Wildman–Crippen MR) is 157 cm³/mol. The van der Waals surface area contributed by atoms with E-state index in [0.29, 0.717) is 0 Å². The summed E-state index contributed by atoms with van der Waals surface area (Å²) in [6, 6.07) is 20.7. The summed E-state index contributed by atoms with van der Waals surface area (Å²) in [5.74, 6) is 1.75. The number of H-pyrrole nitrogens is 1. The molecule has 3 aromatic heterocycles. The molecule has 1 aliphatic heterocycles. The van der Waals surface area contributed by atoms with Crippen LogP contribution in [-0.4, -0.2) is 47.2 Å². The lowest BCUT2D eigenvalue weighted by atomic mass is 10.1. The van der Waals surface area contributed by atoms with Crippen molar-refractivity contribution >= 4 is 45.5 Å². The quantitative estimate of drug-likeness (QED) is 0.261. The molecular formula is C30H30N8. The molecule has 0 radical (unpaired) electrons. The van der Waals surface area contributed by atoms with Crippen molar-refractivity contribution in [1.82, 2.24) is 19.9 Å². The van der Waals surface area contributed by atoms with Gasteiger partial charge in [-0.1, -0.05) is 0 Å². The number of pyridine rings is 2. The maximum atomic E-state index is 4.93. The minimum atomic E-state index is -0.00442. The minimum Gasteiger partial charge on any atom is -0.378 e. The van der Waals surface area contributed by atoms with Gasteiger partial charge in [0.1, 0.15) is 12.0 Å². The molecule has 1 unspecified atom stereocenters. The Morgan fingerprint density at radius 3 is 2.53 bits per heavy atom. The monoisotopic (exact) mass is 502 g/mol. The molecule has 2 aromatic carbocycles. The zero-order valence-corrected chi connectivity index (χ0v) is 21.9. The van der Waals surface area contributed by atoms with Gasteiger partial charge in [-0.2, -0.15) is 0 Å². The Bertz CT molecular complexity index is 1630. The fraction of sp³-hybridized carbons (Fsp3) is 0.167. The number of hydrogen-bond donors (Lipinski definition) is 3. The topological polar surface area (TPSA) is 85.0 Å². The van der Waals surface area contributed by atoms with Gasteiger partial charge in [-0.05, 0) is 79.7 Å². The van der Waals surface area contributed by atoms with E-state index in [1.165, 1.54) is 0 Å². The van der Waals surface area contributed by atoms with E-state index >= 15 is 0 Å². The zero-order valence-electron chi connectivity index (χ0n) is 21.9. The van der Waals surface area contributed by atoms with Gasteiger partial charge in [0.15, 0.2) is 5.82 Å². The molecule has 8 nitrogen and oxygen atoms in total. The van der Waals surface area contributed by atoms with Gasteiger partial charge in [-0.3, -0.25) is 9.97 Å². The summed E-state index contributed by atoms with van der Waals surface area (Å²) in [6.45, 7) is 1.99. The third-order valence-corrected chi connectivity index (χ3v) is 6.80. The smallest absolute Gasteiger partial charge is 0.156 e. The molecular weight excluding hydrogens is 472 g/mol. The van der Waals surface area contributed by atoms with Gasteiger partial charge < -0.3 is 25.4 Å². The maximum absolute atomic E-state index is 4.93. The van der Waals surface area contributed by atoms with Crippen molar-refractivity contribution in [2.75, 3.05) is 41.6 Å². The highest BCUT2D eigenvalue weighted by atomic mass is 15.3. The molecule has 1 aliphatic rings. The van der Waals surface area contributed by atoms with Crippen molar-refractivity contribution in [2.45, 2.75) is 13.1 Å². The number of anilines is 5. The Labute approximate surface area is 222 Å². The number of aryl methyl sites for hydroxylation is 1. The van der Waals surface area contributed by atoms with E-state index in [-0.39, 0.29) is 6.17 Å². The number of likely N-dealkylation sites (N-methyl/N-ethyl adjacent to an activating group) is 1. The van der Waals surface area contributed by atoms with Gasteiger partial charge in [-0.15, -0.1) is 0 Å². The molecule has 0 amide bonds. The molecule has 190 valence electrons. The number of nitrogens with one attached hydrogen (secondary N) is 3. The lowest BCUT2D eigenvalue weighted by Gasteiger charge is -2.30. The van der Waals surface area contributed by atoms with Crippen LogP contribution < -0.4 is 20.4 Å². The predicted octanol–water partition coefficient (Wildman–Crippen LogP) is 6.04. The van der Waals surface area contributed by atoms with Gasteiger partial charge in [0.25, 0.3) is 0 Å². The molecule has 0 bridgehead atoms. The second kappa shape index (κ2) is 9.55. The second-order valence-corrected chi connectivity index (χ2v) is 9.72. The van der Waals surface area contributed by atoms with E-state index in [2.05, 4.69) is 90.0 Å². The fourth-order valence-corrected chi connectivity index (χ4v) is 4.69. The van der Waals surface area contributed by atoms with Gasteiger partial charge >= 0.3 is 0 Å². The van der Waals surface area contributed by atoms with E-state index in [1.54, 1.807) is 0 Å². The number of aromatic amines is 1. The van der Waals surface area contributed by atoms with E-state index in [0.717, 1.165) is 62.2 Å². The Balaban J connectivity index is 1.21. The number of benzene rings is 2. The first kappa shape index (κ1) is 23.5. The van der Waals surface area contributed by atoms with E-state index < -0.39 is 0 Å². The van der Waals surface area contributed by atoms with Crippen molar-refractivity contribution < 1.29 is 0 Å². The van der Waals surface area contributed by atoms with Crippen LogP contribution in [0.2, 0.25) is 0 Å².